The molecule has 2 saturated carbocycles. The van der Waals surface area contributed by atoms with E-state index in [9.17, 15) is 14.4 Å². The first-order valence-electron chi connectivity index (χ1n) is 12.0. The van der Waals surface area contributed by atoms with E-state index in [1.54, 1.807) is 6.92 Å². The maximum Gasteiger partial charge on any atom is 0.311 e. The Morgan fingerprint density at radius 1 is 1.22 bits per heavy atom. The van der Waals surface area contributed by atoms with Crippen LogP contribution < -0.4 is 0 Å². The van der Waals surface area contributed by atoms with Gasteiger partial charge in [-0.05, 0) is 88.5 Å². The van der Waals surface area contributed by atoms with Gasteiger partial charge < -0.3 is 4.74 Å². The van der Waals surface area contributed by atoms with E-state index in [1.807, 2.05) is 0 Å². The molecular weight excluding hydrogens is 400 g/mol. The first-order chi connectivity index (χ1) is 15.1. The van der Waals surface area contributed by atoms with Gasteiger partial charge in [-0.1, -0.05) is 37.1 Å². The fraction of sp³-hybridized carbons (Fsp3) is 0.607. The summed E-state index contributed by atoms with van der Waals surface area (Å²) >= 11 is 0. The third-order valence-corrected chi connectivity index (χ3v) is 9.07. The molecule has 4 aliphatic rings. The Morgan fingerprint density at radius 3 is 2.69 bits per heavy atom. The molecule has 0 amide bonds. The second-order valence-corrected chi connectivity index (χ2v) is 10.8. The number of hydrogen-bond acceptors (Lipinski definition) is 4. The maximum atomic E-state index is 12.8. The largest absolute Gasteiger partial charge is 0.469 e. The lowest BCUT2D eigenvalue weighted by Gasteiger charge is -2.57. The maximum absolute atomic E-state index is 12.8. The van der Waals surface area contributed by atoms with Crippen LogP contribution in [-0.4, -0.2) is 24.6 Å². The summed E-state index contributed by atoms with van der Waals surface area (Å²) in [5.74, 6) is 0.603. The highest BCUT2D eigenvalue weighted by Crippen LogP contribution is 2.62. The molecule has 4 aliphatic carbocycles. The lowest BCUT2D eigenvalue weighted by Crippen LogP contribution is -2.53. The fourth-order valence-corrected chi connectivity index (χ4v) is 7.31. The second kappa shape index (κ2) is 8.28. The van der Waals surface area contributed by atoms with Crippen molar-refractivity contribution in [1.82, 2.24) is 0 Å². The monoisotopic (exact) mass is 436 g/mol. The zero-order valence-corrected chi connectivity index (χ0v) is 20.0. The summed E-state index contributed by atoms with van der Waals surface area (Å²) in [6.07, 6.45) is 11.7. The van der Waals surface area contributed by atoms with E-state index in [0.29, 0.717) is 41.4 Å². The van der Waals surface area contributed by atoms with Crippen LogP contribution in [0.3, 0.4) is 0 Å². The number of Topliss-reactive ketones (excluding diaryl/α,β-unsaturated/α-hetero) is 1. The third kappa shape index (κ3) is 3.56. The molecule has 2 fully saturated rings. The highest BCUT2D eigenvalue weighted by atomic mass is 16.5. The second-order valence-electron chi connectivity index (χ2n) is 10.8. The molecular formula is C28H36O4. The van der Waals surface area contributed by atoms with E-state index in [0.717, 1.165) is 44.9 Å². The molecule has 4 nitrogen and oxygen atoms in total. The van der Waals surface area contributed by atoms with Crippen LogP contribution in [0, 0.1) is 22.7 Å². The molecule has 0 bridgehead atoms. The van der Waals surface area contributed by atoms with Crippen molar-refractivity contribution in [3.8, 4) is 0 Å². The highest BCUT2D eigenvalue weighted by molar-refractivity contribution is 6.22. The Kier molecular flexibility index (Phi) is 5.94. The van der Waals surface area contributed by atoms with Crippen molar-refractivity contribution in [2.45, 2.75) is 78.6 Å². The first kappa shape index (κ1) is 22.9. The fourth-order valence-electron chi connectivity index (χ4n) is 7.31. The predicted molar refractivity (Wildman–Crippen MR) is 125 cm³/mol. The normalized spacial score (nSPS) is 35.1. The molecule has 4 rings (SSSR count). The lowest BCUT2D eigenvalue weighted by molar-refractivity contribution is -0.168. The predicted octanol–water partition coefficient (Wildman–Crippen LogP) is 5.83. The smallest absolute Gasteiger partial charge is 0.311 e. The quantitative estimate of drug-likeness (QED) is 0.316. The summed E-state index contributed by atoms with van der Waals surface area (Å²) in [5, 5.41) is 0. The van der Waals surface area contributed by atoms with Gasteiger partial charge in [-0.25, -0.2) is 0 Å². The number of carbonyl (C=O) groups is 3. The Labute approximate surface area is 191 Å². The summed E-state index contributed by atoms with van der Waals surface area (Å²) in [7, 11) is 1.51. The number of hydrogen-bond donors (Lipinski definition) is 0. The van der Waals surface area contributed by atoms with Gasteiger partial charge in [0.1, 0.15) is 0 Å². The number of allylic oxidation sites excluding steroid dienone is 7. The van der Waals surface area contributed by atoms with Gasteiger partial charge in [-0.15, -0.1) is 0 Å². The van der Waals surface area contributed by atoms with Gasteiger partial charge in [0.2, 0.25) is 0 Å². The minimum Gasteiger partial charge on any atom is -0.469 e. The van der Waals surface area contributed by atoms with Gasteiger partial charge in [-0.3, -0.25) is 14.4 Å². The molecule has 0 radical (unpaired) electrons. The Morgan fingerprint density at radius 2 is 1.97 bits per heavy atom. The van der Waals surface area contributed by atoms with Crippen molar-refractivity contribution in [2.75, 3.05) is 7.11 Å². The zero-order chi connectivity index (χ0) is 23.3. The van der Waals surface area contributed by atoms with E-state index >= 15 is 0 Å². The van der Waals surface area contributed by atoms with Crippen molar-refractivity contribution in [3.05, 3.63) is 46.6 Å². The van der Waals surface area contributed by atoms with Crippen LogP contribution in [0.5, 0.6) is 0 Å². The summed E-state index contributed by atoms with van der Waals surface area (Å²) in [5.41, 5.74) is 4.10. The molecule has 0 aromatic carbocycles. The van der Waals surface area contributed by atoms with Crippen LogP contribution in [0.4, 0.5) is 0 Å². The number of ether oxygens (including phenoxy) is 1. The molecule has 0 aromatic rings. The minimum atomic E-state index is -0.427. The van der Waals surface area contributed by atoms with E-state index in [4.69, 9.17) is 4.74 Å². The van der Waals surface area contributed by atoms with Crippen molar-refractivity contribution in [2.24, 2.45) is 22.7 Å². The van der Waals surface area contributed by atoms with E-state index in [1.165, 1.54) is 24.3 Å². The molecule has 1 unspecified atom stereocenters. The topological polar surface area (TPSA) is 60.4 Å². The van der Waals surface area contributed by atoms with Gasteiger partial charge in [0.05, 0.1) is 12.5 Å². The number of fused-ring (bicyclic) bond motifs is 1. The summed E-state index contributed by atoms with van der Waals surface area (Å²) < 4.78 is 5.24. The van der Waals surface area contributed by atoms with Crippen LogP contribution in [0.15, 0.2) is 46.6 Å². The molecule has 0 N–H and O–H groups in total. The van der Waals surface area contributed by atoms with Gasteiger partial charge in [-0.2, -0.15) is 0 Å². The molecule has 4 heteroatoms. The van der Waals surface area contributed by atoms with Gasteiger partial charge in [0.25, 0.3) is 0 Å². The van der Waals surface area contributed by atoms with Crippen LogP contribution in [0.1, 0.15) is 78.6 Å². The first-order valence-corrected chi connectivity index (χ1v) is 12.0. The number of ketones is 2. The Bertz CT molecular complexity index is 977. The summed E-state index contributed by atoms with van der Waals surface area (Å²) in [4.78, 5) is 37.7. The molecule has 172 valence electrons. The Hall–Kier alpha value is -2.23. The van der Waals surface area contributed by atoms with Crippen LogP contribution in [0.25, 0.3) is 0 Å². The van der Waals surface area contributed by atoms with Gasteiger partial charge >= 0.3 is 5.97 Å². The van der Waals surface area contributed by atoms with Gasteiger partial charge in [0, 0.05) is 16.7 Å². The average molecular weight is 437 g/mol. The van der Waals surface area contributed by atoms with E-state index < -0.39 is 5.41 Å². The van der Waals surface area contributed by atoms with Crippen LogP contribution >= 0.6 is 0 Å². The minimum absolute atomic E-state index is 0.00192. The Balaban J connectivity index is 1.50. The van der Waals surface area contributed by atoms with Gasteiger partial charge in [0.15, 0.2) is 11.6 Å². The molecule has 0 aliphatic heterocycles. The zero-order valence-electron chi connectivity index (χ0n) is 20.0. The van der Waals surface area contributed by atoms with E-state index in [2.05, 4.69) is 26.5 Å². The summed E-state index contributed by atoms with van der Waals surface area (Å²) in [6.45, 7) is 10.6. The highest BCUT2D eigenvalue weighted by Gasteiger charge is 2.57. The molecule has 32 heavy (non-hydrogen) atoms. The van der Waals surface area contributed by atoms with Crippen molar-refractivity contribution in [1.29, 1.82) is 0 Å². The molecule has 4 atom stereocenters. The van der Waals surface area contributed by atoms with Crippen molar-refractivity contribution < 1.29 is 19.1 Å². The number of esters is 1. The summed E-state index contributed by atoms with van der Waals surface area (Å²) in [6, 6.07) is 0. The van der Waals surface area contributed by atoms with Crippen LogP contribution in [-0.2, 0) is 19.1 Å². The number of carbonyl (C=O) groups excluding carboxylic acids is 3. The van der Waals surface area contributed by atoms with Crippen LogP contribution in [0.2, 0.25) is 0 Å². The molecule has 0 saturated heterocycles. The van der Waals surface area contributed by atoms with Crippen molar-refractivity contribution >= 4 is 17.5 Å². The third-order valence-electron chi connectivity index (χ3n) is 9.07. The average Bonchev–Trinajstić information content (AvgIpc) is 2.76. The van der Waals surface area contributed by atoms with E-state index in [-0.39, 0.29) is 23.0 Å². The number of methoxy groups -OCH3 is 1. The van der Waals surface area contributed by atoms with Crippen molar-refractivity contribution in [3.63, 3.8) is 0 Å². The number of rotatable bonds is 4. The molecule has 0 aromatic heterocycles. The molecule has 0 heterocycles. The molecule has 0 spiro atoms. The SMILES string of the molecule is C=C1CCC2[C@](C)(CCC[C@]2(C)C(=O)OC)[C@H]1CCC1=CCC2=C(C1)C(=O)C=C(C)C2=O. The lowest BCUT2D eigenvalue weighted by atomic mass is 9.46. The standard InChI is InChI=1S/C28H36O4/c1-17-7-12-24-27(3,13-6-14-28(24,4)26(31)32-5)22(17)11-9-19-8-10-20-21(16-19)23(29)15-18(2)25(20)30/h8,15,22,24H,1,6-7,9-14,16H2,2-5H3/t22-,24?,27+,28-/m0/s1.